The third kappa shape index (κ3) is 3.88. The molecule has 1 saturated heterocycles. The van der Waals surface area contributed by atoms with E-state index in [4.69, 9.17) is 11.6 Å². The van der Waals surface area contributed by atoms with Crippen LogP contribution in [0.3, 0.4) is 0 Å². The van der Waals surface area contributed by atoms with Crippen LogP contribution in [0.25, 0.3) is 0 Å². The van der Waals surface area contributed by atoms with E-state index in [1.165, 1.54) is 16.9 Å². The van der Waals surface area contributed by atoms with E-state index < -0.39 is 0 Å². The maximum atomic E-state index is 12.5. The molecule has 1 amide bonds. The molecule has 1 aliphatic rings. The Morgan fingerprint density at radius 3 is 2.59 bits per heavy atom. The van der Waals surface area contributed by atoms with Gasteiger partial charge < -0.3 is 4.90 Å². The Kier molecular flexibility index (Phi) is 5.13. The number of hydrogen-bond donors (Lipinski definition) is 0. The average molecular weight is 335 g/mol. The molecule has 0 radical (unpaired) electrons. The summed E-state index contributed by atoms with van der Waals surface area (Å²) in [4.78, 5) is 17.6. The van der Waals surface area contributed by atoms with Gasteiger partial charge in [0.05, 0.1) is 9.21 Å². The van der Waals surface area contributed by atoms with Crippen LogP contribution >= 0.6 is 22.9 Å². The monoisotopic (exact) mass is 334 g/mol. The van der Waals surface area contributed by atoms with Crippen LogP contribution in [-0.2, 0) is 6.54 Å². The molecule has 2 heterocycles. The molecular formula is C17H19ClN2OS. The molecule has 1 fully saturated rings. The van der Waals surface area contributed by atoms with Gasteiger partial charge in [0.25, 0.3) is 5.91 Å². The minimum atomic E-state index is 0.110. The second-order valence-corrected chi connectivity index (χ2v) is 7.23. The first kappa shape index (κ1) is 15.5. The van der Waals surface area contributed by atoms with Crippen molar-refractivity contribution in [2.45, 2.75) is 13.0 Å². The first-order valence-corrected chi connectivity index (χ1v) is 8.73. The van der Waals surface area contributed by atoms with Gasteiger partial charge in [-0.1, -0.05) is 41.9 Å². The van der Waals surface area contributed by atoms with E-state index in [-0.39, 0.29) is 5.91 Å². The van der Waals surface area contributed by atoms with Gasteiger partial charge in [0.2, 0.25) is 0 Å². The molecule has 2 aromatic rings. The first-order chi connectivity index (χ1) is 10.7. The number of carbonyl (C=O) groups is 1. The molecule has 0 N–H and O–H groups in total. The molecule has 0 unspecified atom stereocenters. The molecule has 1 aliphatic heterocycles. The Morgan fingerprint density at radius 1 is 1.05 bits per heavy atom. The number of thiophene rings is 1. The van der Waals surface area contributed by atoms with Crippen molar-refractivity contribution in [2.75, 3.05) is 26.2 Å². The van der Waals surface area contributed by atoms with E-state index in [0.29, 0.717) is 4.34 Å². The van der Waals surface area contributed by atoms with Gasteiger partial charge in [-0.2, -0.15) is 0 Å². The molecule has 0 aliphatic carbocycles. The fourth-order valence-electron chi connectivity index (χ4n) is 2.76. The van der Waals surface area contributed by atoms with Gasteiger partial charge >= 0.3 is 0 Å². The maximum Gasteiger partial charge on any atom is 0.264 e. The van der Waals surface area contributed by atoms with Crippen molar-refractivity contribution in [3.63, 3.8) is 0 Å². The van der Waals surface area contributed by atoms with E-state index in [2.05, 4.69) is 29.2 Å². The highest BCUT2D eigenvalue weighted by Crippen LogP contribution is 2.23. The smallest absolute Gasteiger partial charge is 0.264 e. The van der Waals surface area contributed by atoms with E-state index in [1.807, 2.05) is 17.0 Å². The summed E-state index contributed by atoms with van der Waals surface area (Å²) >= 11 is 7.29. The lowest BCUT2D eigenvalue weighted by molar-refractivity contribution is 0.0766. The number of nitrogens with zero attached hydrogens (tertiary/aromatic N) is 2. The topological polar surface area (TPSA) is 23.6 Å². The van der Waals surface area contributed by atoms with Crippen molar-refractivity contribution >= 4 is 28.8 Å². The minimum absolute atomic E-state index is 0.110. The third-order valence-corrected chi connectivity index (χ3v) is 5.13. The Morgan fingerprint density at radius 2 is 1.86 bits per heavy atom. The lowest BCUT2D eigenvalue weighted by Gasteiger charge is -2.21. The summed E-state index contributed by atoms with van der Waals surface area (Å²) in [6.07, 6.45) is 1.01. The molecule has 0 spiro atoms. The van der Waals surface area contributed by atoms with Gasteiger partial charge in [0.1, 0.15) is 0 Å². The summed E-state index contributed by atoms with van der Waals surface area (Å²) in [6.45, 7) is 4.50. The first-order valence-electron chi connectivity index (χ1n) is 7.53. The fraction of sp³-hybridized carbons (Fsp3) is 0.353. The predicted molar refractivity (Wildman–Crippen MR) is 91.6 cm³/mol. The van der Waals surface area contributed by atoms with Crippen molar-refractivity contribution in [3.05, 3.63) is 57.2 Å². The van der Waals surface area contributed by atoms with Gasteiger partial charge in [-0.05, 0) is 24.1 Å². The summed E-state index contributed by atoms with van der Waals surface area (Å²) in [6, 6.07) is 14.1. The van der Waals surface area contributed by atoms with Crippen LogP contribution in [0.5, 0.6) is 0 Å². The number of hydrogen-bond acceptors (Lipinski definition) is 3. The van der Waals surface area contributed by atoms with Crippen molar-refractivity contribution in [3.8, 4) is 0 Å². The van der Waals surface area contributed by atoms with Gasteiger partial charge in [-0.15, -0.1) is 11.3 Å². The van der Waals surface area contributed by atoms with Crippen LogP contribution in [0.1, 0.15) is 21.7 Å². The Labute approximate surface area is 140 Å². The quantitative estimate of drug-likeness (QED) is 0.853. The predicted octanol–water partition coefficient (Wildman–Crippen LogP) is 3.75. The zero-order valence-electron chi connectivity index (χ0n) is 12.4. The highest BCUT2D eigenvalue weighted by Gasteiger charge is 2.21. The van der Waals surface area contributed by atoms with E-state index in [9.17, 15) is 4.79 Å². The average Bonchev–Trinajstić information content (AvgIpc) is 2.83. The highest BCUT2D eigenvalue weighted by atomic mass is 35.5. The molecule has 22 heavy (non-hydrogen) atoms. The summed E-state index contributed by atoms with van der Waals surface area (Å²) in [5.74, 6) is 0.110. The summed E-state index contributed by atoms with van der Waals surface area (Å²) in [7, 11) is 0. The van der Waals surface area contributed by atoms with Crippen LogP contribution in [0.15, 0.2) is 42.5 Å². The van der Waals surface area contributed by atoms with E-state index >= 15 is 0 Å². The minimum Gasteiger partial charge on any atom is -0.337 e. The summed E-state index contributed by atoms with van der Waals surface area (Å²) in [5, 5.41) is 0. The largest absolute Gasteiger partial charge is 0.337 e. The molecule has 0 saturated carbocycles. The van der Waals surface area contributed by atoms with Gasteiger partial charge in [0.15, 0.2) is 0 Å². The Balaban J connectivity index is 1.59. The SMILES string of the molecule is O=C(c1ccc(Cl)s1)N1CCCN(Cc2ccccc2)CC1. The number of rotatable bonds is 3. The number of halogens is 1. The molecule has 5 heteroatoms. The van der Waals surface area contributed by atoms with Crippen LogP contribution in [0.4, 0.5) is 0 Å². The van der Waals surface area contributed by atoms with Gasteiger partial charge in [-0.3, -0.25) is 9.69 Å². The zero-order valence-corrected chi connectivity index (χ0v) is 13.9. The van der Waals surface area contributed by atoms with Crippen molar-refractivity contribution in [1.29, 1.82) is 0 Å². The second kappa shape index (κ2) is 7.27. The van der Waals surface area contributed by atoms with Crippen LogP contribution in [-0.4, -0.2) is 41.9 Å². The van der Waals surface area contributed by atoms with Gasteiger partial charge in [-0.25, -0.2) is 0 Å². The highest BCUT2D eigenvalue weighted by molar-refractivity contribution is 7.17. The molecular weight excluding hydrogens is 316 g/mol. The molecule has 0 bridgehead atoms. The lowest BCUT2D eigenvalue weighted by atomic mass is 10.2. The van der Waals surface area contributed by atoms with E-state index in [0.717, 1.165) is 44.0 Å². The zero-order chi connectivity index (χ0) is 15.4. The molecule has 1 aromatic carbocycles. The number of amides is 1. The summed E-state index contributed by atoms with van der Waals surface area (Å²) < 4.78 is 0.670. The number of benzene rings is 1. The molecule has 0 atom stereocenters. The molecule has 1 aromatic heterocycles. The van der Waals surface area contributed by atoms with Crippen molar-refractivity contribution in [2.24, 2.45) is 0 Å². The molecule has 3 nitrogen and oxygen atoms in total. The van der Waals surface area contributed by atoms with Crippen LogP contribution < -0.4 is 0 Å². The standard InChI is InChI=1S/C17H19ClN2OS/c18-16-8-7-15(22-16)17(21)20-10-4-9-19(11-12-20)13-14-5-2-1-3-6-14/h1-3,5-8H,4,9-13H2. The molecule has 3 rings (SSSR count). The second-order valence-electron chi connectivity index (χ2n) is 5.51. The lowest BCUT2D eigenvalue weighted by Crippen LogP contribution is -2.34. The fourth-order valence-corrected chi connectivity index (χ4v) is 3.77. The Bertz CT molecular complexity index is 629. The van der Waals surface area contributed by atoms with Gasteiger partial charge in [0, 0.05) is 32.7 Å². The van der Waals surface area contributed by atoms with Crippen molar-refractivity contribution < 1.29 is 4.79 Å². The van der Waals surface area contributed by atoms with E-state index in [1.54, 1.807) is 6.07 Å². The third-order valence-electron chi connectivity index (χ3n) is 3.91. The number of carbonyl (C=O) groups excluding carboxylic acids is 1. The van der Waals surface area contributed by atoms with Crippen molar-refractivity contribution in [1.82, 2.24) is 9.80 Å². The Hall–Kier alpha value is -1.36. The summed E-state index contributed by atoms with van der Waals surface area (Å²) in [5.41, 5.74) is 1.33. The van der Waals surface area contributed by atoms with Crippen LogP contribution in [0, 0.1) is 0 Å². The van der Waals surface area contributed by atoms with Crippen LogP contribution in [0.2, 0.25) is 4.34 Å². The molecule has 116 valence electrons. The maximum absolute atomic E-state index is 12.5. The normalized spacial score (nSPS) is 16.5.